The van der Waals surface area contributed by atoms with Gasteiger partial charge >= 0.3 is 12.1 Å². The van der Waals surface area contributed by atoms with E-state index in [0.717, 1.165) is 5.39 Å². The van der Waals surface area contributed by atoms with Crippen LogP contribution in [0.1, 0.15) is 5.56 Å². The number of carboxylic acid groups (broad SMARTS) is 1. The second kappa shape index (κ2) is 6.22. The Morgan fingerprint density at radius 2 is 2.08 bits per heavy atom. The highest BCUT2D eigenvalue weighted by Crippen LogP contribution is 2.39. The lowest BCUT2D eigenvalue weighted by molar-refractivity contribution is -0.188. The van der Waals surface area contributed by atoms with Crippen LogP contribution in [-0.4, -0.2) is 40.2 Å². The van der Waals surface area contributed by atoms with E-state index in [1.165, 1.54) is 4.90 Å². The Hall–Kier alpha value is -1.86. The highest BCUT2D eigenvalue weighted by molar-refractivity contribution is 6.32. The molecular weight excluding hydrogens is 345 g/mol. The summed E-state index contributed by atoms with van der Waals surface area (Å²) in [5, 5.41) is 10.3. The van der Waals surface area contributed by atoms with Crippen LogP contribution in [0.5, 0.6) is 0 Å². The first-order valence-corrected chi connectivity index (χ1v) is 7.69. The van der Waals surface area contributed by atoms with Crippen molar-refractivity contribution < 1.29 is 23.1 Å². The molecule has 1 aliphatic rings. The zero-order chi connectivity index (χ0) is 17.5. The van der Waals surface area contributed by atoms with Gasteiger partial charge in [0.05, 0.1) is 17.4 Å². The van der Waals surface area contributed by atoms with Crippen LogP contribution in [0.3, 0.4) is 0 Å². The summed E-state index contributed by atoms with van der Waals surface area (Å²) in [6.07, 6.45) is -2.96. The molecule has 0 bridgehead atoms. The van der Waals surface area contributed by atoms with Crippen LogP contribution in [0.4, 0.5) is 13.2 Å². The van der Waals surface area contributed by atoms with E-state index >= 15 is 0 Å². The quantitative estimate of drug-likeness (QED) is 0.911. The number of aromatic nitrogens is 1. The summed E-state index contributed by atoms with van der Waals surface area (Å²) >= 11 is 6.20. The van der Waals surface area contributed by atoms with Crippen molar-refractivity contribution >= 4 is 28.5 Å². The molecule has 24 heavy (non-hydrogen) atoms. The summed E-state index contributed by atoms with van der Waals surface area (Å²) in [5.41, 5.74) is 1.23. The van der Waals surface area contributed by atoms with Gasteiger partial charge in [-0.05, 0) is 12.1 Å². The zero-order valence-electron chi connectivity index (χ0n) is 12.4. The third kappa shape index (κ3) is 3.18. The Kier molecular flexibility index (Phi) is 4.40. The number of carboxylic acids is 1. The minimum Gasteiger partial charge on any atom is -0.481 e. The number of likely N-dealkylation sites (tertiary alicyclic amines) is 1. The lowest BCUT2D eigenvalue weighted by Gasteiger charge is -2.19. The number of benzene rings is 1. The number of nitrogens with zero attached hydrogens (tertiary/aromatic N) is 2. The maximum absolute atomic E-state index is 13.1. The Morgan fingerprint density at radius 1 is 1.33 bits per heavy atom. The van der Waals surface area contributed by atoms with E-state index in [-0.39, 0.29) is 19.6 Å². The fraction of sp³-hybridized carbons (Fsp3) is 0.375. The molecule has 2 aromatic rings. The molecule has 1 saturated heterocycles. The van der Waals surface area contributed by atoms with Gasteiger partial charge in [0, 0.05) is 41.8 Å². The molecule has 0 radical (unpaired) electrons. The fourth-order valence-electron chi connectivity index (χ4n) is 3.15. The molecule has 1 fully saturated rings. The second-order valence-corrected chi connectivity index (χ2v) is 6.30. The van der Waals surface area contributed by atoms with Gasteiger partial charge in [-0.15, -0.1) is 0 Å². The van der Waals surface area contributed by atoms with Crippen molar-refractivity contribution in [2.45, 2.75) is 12.7 Å². The van der Waals surface area contributed by atoms with Crippen LogP contribution in [0.2, 0.25) is 5.02 Å². The monoisotopic (exact) mass is 358 g/mol. The second-order valence-electron chi connectivity index (χ2n) is 5.89. The van der Waals surface area contributed by atoms with Crippen molar-refractivity contribution in [3.05, 3.63) is 41.0 Å². The molecule has 1 N–H and O–H groups in total. The minimum atomic E-state index is -4.54. The molecule has 8 heteroatoms. The van der Waals surface area contributed by atoms with Gasteiger partial charge in [0.25, 0.3) is 0 Å². The van der Waals surface area contributed by atoms with Crippen molar-refractivity contribution in [3.8, 4) is 0 Å². The molecule has 0 amide bonds. The van der Waals surface area contributed by atoms with Crippen LogP contribution in [0, 0.1) is 11.8 Å². The van der Waals surface area contributed by atoms with Gasteiger partial charge < -0.3 is 5.11 Å². The highest BCUT2D eigenvalue weighted by atomic mass is 35.5. The van der Waals surface area contributed by atoms with E-state index < -0.39 is 24.0 Å². The van der Waals surface area contributed by atoms with Gasteiger partial charge in [0.15, 0.2) is 0 Å². The molecule has 2 atom stereocenters. The van der Waals surface area contributed by atoms with E-state index in [1.807, 2.05) is 6.07 Å². The molecule has 1 aromatic heterocycles. The number of halogens is 4. The standard InChI is InChI=1S/C16H14ClF3N2O2/c17-13-4-3-9-2-1-5-21-14(9)11(13)7-22-6-10(15(23)24)12(8-22)16(18,19)20/h1-5,10,12H,6-8H2,(H,23,24)/t10-,12-/m1/s1. The smallest absolute Gasteiger partial charge is 0.393 e. The third-order valence-corrected chi connectivity index (χ3v) is 4.69. The van der Waals surface area contributed by atoms with E-state index in [2.05, 4.69) is 4.98 Å². The maximum Gasteiger partial charge on any atom is 0.393 e. The SMILES string of the molecule is O=C(O)[C@@H]1CN(Cc2c(Cl)ccc3cccnc23)C[C@H]1C(F)(F)F. The number of aliphatic carboxylic acids is 1. The Bertz CT molecular complexity index is 781. The molecule has 1 aliphatic heterocycles. The number of alkyl halides is 3. The topological polar surface area (TPSA) is 53.4 Å². The number of pyridine rings is 1. The molecular formula is C16H14ClF3N2O2. The van der Waals surface area contributed by atoms with Crippen LogP contribution in [0.25, 0.3) is 10.9 Å². The number of hydrogen-bond donors (Lipinski definition) is 1. The van der Waals surface area contributed by atoms with Crippen LogP contribution < -0.4 is 0 Å². The van der Waals surface area contributed by atoms with E-state index in [9.17, 15) is 18.0 Å². The Labute approximate surface area is 140 Å². The van der Waals surface area contributed by atoms with E-state index in [0.29, 0.717) is 16.1 Å². The Balaban J connectivity index is 1.90. The van der Waals surface area contributed by atoms with Crippen molar-refractivity contribution in [1.29, 1.82) is 0 Å². The van der Waals surface area contributed by atoms with Gasteiger partial charge in [-0.3, -0.25) is 14.7 Å². The summed E-state index contributed by atoms with van der Waals surface area (Å²) in [6.45, 7) is -0.400. The third-order valence-electron chi connectivity index (χ3n) is 4.34. The largest absolute Gasteiger partial charge is 0.481 e. The first kappa shape index (κ1) is 17.0. The molecule has 0 unspecified atom stereocenters. The molecule has 1 aromatic carbocycles. The van der Waals surface area contributed by atoms with Gasteiger partial charge in [-0.2, -0.15) is 13.2 Å². The van der Waals surface area contributed by atoms with Crippen molar-refractivity contribution in [3.63, 3.8) is 0 Å². The summed E-state index contributed by atoms with van der Waals surface area (Å²) in [4.78, 5) is 16.9. The van der Waals surface area contributed by atoms with Gasteiger partial charge in [0.2, 0.25) is 0 Å². The van der Waals surface area contributed by atoms with Crippen LogP contribution >= 0.6 is 11.6 Å². The van der Waals surface area contributed by atoms with Crippen molar-refractivity contribution in [1.82, 2.24) is 9.88 Å². The van der Waals surface area contributed by atoms with Crippen LogP contribution in [0.15, 0.2) is 30.5 Å². The molecule has 3 rings (SSSR count). The zero-order valence-corrected chi connectivity index (χ0v) is 13.2. The number of fused-ring (bicyclic) bond motifs is 1. The highest BCUT2D eigenvalue weighted by Gasteiger charge is 2.52. The maximum atomic E-state index is 13.1. The molecule has 0 saturated carbocycles. The predicted octanol–water partition coefficient (Wildman–Crippen LogP) is 3.58. The number of carbonyl (C=O) groups is 1. The summed E-state index contributed by atoms with van der Waals surface area (Å²) < 4.78 is 39.3. The van der Waals surface area contributed by atoms with E-state index in [4.69, 9.17) is 16.7 Å². The average Bonchev–Trinajstić information content (AvgIpc) is 2.95. The van der Waals surface area contributed by atoms with Crippen molar-refractivity contribution in [2.75, 3.05) is 13.1 Å². The fourth-order valence-corrected chi connectivity index (χ4v) is 3.36. The average molecular weight is 359 g/mol. The predicted molar refractivity (Wildman–Crippen MR) is 82.7 cm³/mol. The van der Waals surface area contributed by atoms with Crippen LogP contribution in [-0.2, 0) is 11.3 Å². The Morgan fingerprint density at radius 3 is 2.71 bits per heavy atom. The van der Waals surface area contributed by atoms with E-state index in [1.54, 1.807) is 24.4 Å². The molecule has 0 aliphatic carbocycles. The van der Waals surface area contributed by atoms with Crippen molar-refractivity contribution in [2.24, 2.45) is 11.8 Å². The van der Waals surface area contributed by atoms with Gasteiger partial charge in [-0.1, -0.05) is 23.7 Å². The lowest BCUT2D eigenvalue weighted by Crippen LogP contribution is -2.33. The molecule has 128 valence electrons. The lowest BCUT2D eigenvalue weighted by atomic mass is 9.96. The summed E-state index contributed by atoms with van der Waals surface area (Å²) in [6, 6.07) is 7.06. The number of rotatable bonds is 3. The normalized spacial score (nSPS) is 22.2. The van der Waals surface area contributed by atoms with Gasteiger partial charge in [0.1, 0.15) is 0 Å². The number of hydrogen-bond acceptors (Lipinski definition) is 3. The minimum absolute atomic E-state index is 0.129. The summed E-state index contributed by atoms with van der Waals surface area (Å²) in [5.74, 6) is -4.77. The van der Waals surface area contributed by atoms with Gasteiger partial charge in [-0.25, -0.2) is 0 Å². The first-order valence-electron chi connectivity index (χ1n) is 7.31. The summed E-state index contributed by atoms with van der Waals surface area (Å²) in [7, 11) is 0. The molecule has 2 heterocycles. The molecule has 4 nitrogen and oxygen atoms in total. The first-order chi connectivity index (χ1) is 11.3. The molecule has 0 spiro atoms.